The van der Waals surface area contributed by atoms with Crippen LogP contribution >= 0.6 is 0 Å². The van der Waals surface area contributed by atoms with E-state index < -0.39 is 23.5 Å². The summed E-state index contributed by atoms with van der Waals surface area (Å²) in [6.07, 6.45) is -6.34. The summed E-state index contributed by atoms with van der Waals surface area (Å²) in [6.45, 7) is 11.7. The van der Waals surface area contributed by atoms with E-state index in [4.69, 9.17) is 0 Å². The summed E-state index contributed by atoms with van der Waals surface area (Å²) in [5.41, 5.74) is 1.86. The zero-order valence-corrected chi connectivity index (χ0v) is 24.5. The monoisotopic (exact) mass is 596 g/mol. The quantitative estimate of drug-likeness (QED) is 0.149. The molecule has 0 bridgehead atoms. The molecule has 0 amide bonds. The molecule has 0 saturated carbocycles. The van der Waals surface area contributed by atoms with Crippen LogP contribution in [0, 0.1) is 26.8 Å². The minimum atomic E-state index is -4.85. The van der Waals surface area contributed by atoms with Crippen LogP contribution in [0.1, 0.15) is 38.8 Å². The minimum absolute atomic E-state index is 0. The molecular weight excluding hydrogens is 570 g/mol. The van der Waals surface area contributed by atoms with Gasteiger partial charge in [0.1, 0.15) is 0 Å². The van der Waals surface area contributed by atoms with Crippen molar-refractivity contribution < 1.29 is 49.7 Å². The van der Waals surface area contributed by atoms with Crippen LogP contribution in [0.3, 0.4) is 0 Å². The third-order valence-electron chi connectivity index (χ3n) is 5.82. The normalized spacial score (nSPS) is 15.0. The molecule has 1 aliphatic rings. The Morgan fingerprint density at radius 3 is 1.75 bits per heavy atom. The first-order valence-electron chi connectivity index (χ1n) is 10.3. The van der Waals surface area contributed by atoms with Crippen LogP contribution in [0.15, 0.2) is 71.3 Å². The Morgan fingerprint density at radius 2 is 1.36 bits per heavy atom. The van der Waals surface area contributed by atoms with Crippen molar-refractivity contribution in [2.45, 2.75) is 40.0 Å². The summed E-state index contributed by atoms with van der Waals surface area (Å²) in [5.74, 6) is 0.560. The topological polar surface area (TPSA) is 0 Å². The average molecular weight is 598 g/mol. The van der Waals surface area contributed by atoms with Crippen LogP contribution in [0.4, 0.5) is 26.3 Å². The molecule has 1 atom stereocenters. The van der Waals surface area contributed by atoms with E-state index in [1.54, 1.807) is 30.3 Å². The maximum atomic E-state index is 12.9. The fraction of sp³-hybridized carbons (Fsp3) is 0.250. The number of alkyl halides is 6. The molecule has 194 valence electrons. The van der Waals surface area contributed by atoms with E-state index in [0.717, 1.165) is 17.5 Å². The molecule has 0 spiro atoms. The predicted octanol–water partition coefficient (Wildman–Crippen LogP) is 9.50. The molecule has 2 radical (unpaired) electrons. The summed E-state index contributed by atoms with van der Waals surface area (Å²) >= 11 is 1.36. The molecule has 3 aromatic carbocycles. The first-order valence-corrected chi connectivity index (χ1v) is 14.4. The van der Waals surface area contributed by atoms with Gasteiger partial charge in [-0.25, -0.2) is 5.57 Å². The molecule has 0 heterocycles. The molecule has 36 heavy (non-hydrogen) atoms. The molecule has 3 aromatic rings. The van der Waals surface area contributed by atoms with Gasteiger partial charge in [-0.3, -0.25) is 6.08 Å². The van der Waals surface area contributed by atoms with Gasteiger partial charge >= 0.3 is 42.6 Å². The van der Waals surface area contributed by atoms with E-state index in [-0.39, 0.29) is 26.5 Å². The second-order valence-electron chi connectivity index (χ2n) is 7.93. The van der Waals surface area contributed by atoms with Crippen molar-refractivity contribution in [3.8, 4) is 11.1 Å². The van der Waals surface area contributed by atoms with Gasteiger partial charge in [0.25, 0.3) is 0 Å². The number of hydrogen-bond donors (Lipinski definition) is 0. The first kappa shape index (κ1) is 34.2. The van der Waals surface area contributed by atoms with Crippen LogP contribution in [-0.2, 0) is 35.7 Å². The summed E-state index contributed by atoms with van der Waals surface area (Å²) in [6, 6.07) is 11.7. The Kier molecular flexibility index (Phi) is 13.0. The molecular formula is C28H28F6SiZr-4. The zero-order valence-electron chi connectivity index (χ0n) is 21.0. The van der Waals surface area contributed by atoms with E-state index in [2.05, 4.69) is 40.7 Å². The van der Waals surface area contributed by atoms with Crippen molar-refractivity contribution in [2.75, 3.05) is 0 Å². The van der Waals surface area contributed by atoms with Gasteiger partial charge < -0.3 is 14.9 Å². The molecule has 0 fully saturated rings. The first-order chi connectivity index (χ1) is 15.8. The van der Waals surface area contributed by atoms with Crippen LogP contribution in [-0.4, -0.2) is 6.88 Å². The average Bonchev–Trinajstić information content (AvgIpc) is 3.31. The van der Waals surface area contributed by atoms with Gasteiger partial charge in [-0.1, -0.05) is 50.5 Å². The number of benzene rings is 2. The molecule has 1 unspecified atom stereocenters. The van der Waals surface area contributed by atoms with Crippen molar-refractivity contribution in [3.05, 3.63) is 103 Å². The van der Waals surface area contributed by atoms with Crippen molar-refractivity contribution in [3.63, 3.8) is 0 Å². The van der Waals surface area contributed by atoms with E-state index in [9.17, 15) is 26.3 Å². The van der Waals surface area contributed by atoms with Gasteiger partial charge in [-0.2, -0.15) is 37.5 Å². The molecule has 0 aliphatic heterocycles. The Bertz CT molecular complexity index is 1180. The van der Waals surface area contributed by atoms with Gasteiger partial charge in [-0.05, 0) is 6.07 Å². The number of halogens is 6. The maximum absolute atomic E-state index is 12.9. The molecule has 0 N–H and O–H groups in total. The van der Waals surface area contributed by atoms with E-state index in [1.165, 1.54) is 46.1 Å². The molecule has 0 aromatic heterocycles. The Hall–Kier alpha value is -1.79. The third kappa shape index (κ3) is 8.11. The van der Waals surface area contributed by atoms with Gasteiger partial charge in [0, 0.05) is 0 Å². The Morgan fingerprint density at radius 1 is 0.861 bits per heavy atom. The fourth-order valence-corrected chi connectivity index (χ4v) is 3.67. The Labute approximate surface area is 227 Å². The molecule has 0 nitrogen and oxygen atoms in total. The standard InChI is InChI=1S/C17H9F6.C9H13.2CH3.Si.Zr/c18-16(19,20)12-7-11(8-13(9-12)17(21,22)23)15-6-5-10-3-1-2-4-14(10)15;1-6-5-7(2)9(4)8(6)3;;;;/h1-9H;6H,1-4H3;2*1H3;;/q4*-1;;. The van der Waals surface area contributed by atoms with Gasteiger partial charge in [0.2, 0.25) is 0 Å². The number of fused-ring (bicyclic) bond motifs is 1. The van der Waals surface area contributed by atoms with Crippen molar-refractivity contribution in [1.82, 2.24) is 0 Å². The van der Waals surface area contributed by atoms with E-state index in [0.29, 0.717) is 16.9 Å². The van der Waals surface area contributed by atoms with Crippen molar-refractivity contribution in [2.24, 2.45) is 5.92 Å². The number of rotatable bonds is 1. The van der Waals surface area contributed by atoms with Crippen molar-refractivity contribution >= 4 is 17.7 Å². The van der Waals surface area contributed by atoms with Crippen LogP contribution in [0.5, 0.6) is 0 Å². The predicted molar refractivity (Wildman–Crippen MR) is 134 cm³/mol. The summed E-state index contributed by atoms with van der Waals surface area (Å²) in [5, 5.41) is 1.37. The Balaban J connectivity index is 0.000000800. The van der Waals surface area contributed by atoms with Gasteiger partial charge in [-0.15, -0.1) is 53.6 Å². The van der Waals surface area contributed by atoms with Crippen LogP contribution in [0.25, 0.3) is 21.9 Å². The molecule has 8 heteroatoms. The number of hydrogen-bond acceptors (Lipinski definition) is 0. The summed E-state index contributed by atoms with van der Waals surface area (Å²) in [7, 11) is 0. The van der Waals surface area contributed by atoms with Gasteiger partial charge in [0.05, 0.1) is 11.1 Å². The van der Waals surface area contributed by atoms with Gasteiger partial charge in [0.15, 0.2) is 0 Å². The second kappa shape index (κ2) is 13.7. The molecule has 4 rings (SSSR count). The van der Waals surface area contributed by atoms with Crippen LogP contribution in [0.2, 0.25) is 0 Å². The van der Waals surface area contributed by atoms with Crippen LogP contribution < -0.4 is 0 Å². The fourth-order valence-electron chi connectivity index (χ4n) is 3.67. The zero-order chi connectivity index (χ0) is 25.8. The molecule has 1 aliphatic carbocycles. The van der Waals surface area contributed by atoms with Crippen molar-refractivity contribution in [1.29, 1.82) is 0 Å². The number of allylic oxidation sites excluding steroid dienone is 4. The summed E-state index contributed by atoms with van der Waals surface area (Å²) in [4.78, 5) is 0. The SMILES string of the molecule is CC1=[C-]C(C)C(C)=C1C.FC(F)(F)c1cc(-c2c[cH-]c3ccccc23)cc(C(F)(F)F)c1.[CH3-].[CH3-].[Si]=[Zr]. The molecule has 0 saturated heterocycles. The third-order valence-corrected chi connectivity index (χ3v) is 5.82. The van der Waals surface area contributed by atoms with E-state index >= 15 is 0 Å². The summed E-state index contributed by atoms with van der Waals surface area (Å²) < 4.78 is 77.5. The second-order valence-corrected chi connectivity index (χ2v) is 7.93. The van der Waals surface area contributed by atoms with E-state index in [1.807, 2.05) is 0 Å².